The number of aliphatic hydroxyl groups excluding tert-OH is 1. The van der Waals surface area contributed by atoms with E-state index >= 15 is 0 Å². The SMILES string of the molecule is Cc1ccc(C(O)C(CC(=O)O)NC2CC2)cc1. The van der Waals surface area contributed by atoms with Gasteiger partial charge in [-0.2, -0.15) is 0 Å². The normalized spacial score (nSPS) is 18.3. The first-order valence-electron chi connectivity index (χ1n) is 6.28. The molecule has 2 rings (SSSR count). The van der Waals surface area contributed by atoms with Gasteiger partial charge in [0.1, 0.15) is 0 Å². The molecule has 0 heterocycles. The maximum absolute atomic E-state index is 10.9. The molecule has 1 aromatic rings. The number of nitrogens with one attached hydrogen (secondary N) is 1. The first-order valence-corrected chi connectivity index (χ1v) is 6.28. The number of hydrogen-bond acceptors (Lipinski definition) is 3. The summed E-state index contributed by atoms with van der Waals surface area (Å²) in [6.07, 6.45) is 1.29. The molecule has 1 aromatic carbocycles. The minimum absolute atomic E-state index is 0.0639. The van der Waals surface area contributed by atoms with E-state index in [-0.39, 0.29) is 6.42 Å². The van der Waals surface area contributed by atoms with Crippen LogP contribution in [0, 0.1) is 6.92 Å². The largest absolute Gasteiger partial charge is 0.481 e. The van der Waals surface area contributed by atoms with E-state index in [9.17, 15) is 9.90 Å². The monoisotopic (exact) mass is 249 g/mol. The van der Waals surface area contributed by atoms with Crippen LogP contribution in [-0.2, 0) is 4.79 Å². The summed E-state index contributed by atoms with van der Waals surface area (Å²) in [6.45, 7) is 1.98. The van der Waals surface area contributed by atoms with Crippen LogP contribution in [0.25, 0.3) is 0 Å². The van der Waals surface area contributed by atoms with Crippen LogP contribution in [0.2, 0.25) is 0 Å². The van der Waals surface area contributed by atoms with Crippen LogP contribution in [-0.4, -0.2) is 28.3 Å². The minimum atomic E-state index is -0.890. The smallest absolute Gasteiger partial charge is 0.305 e. The van der Waals surface area contributed by atoms with Gasteiger partial charge in [0.15, 0.2) is 0 Å². The highest BCUT2D eigenvalue weighted by Gasteiger charge is 2.30. The van der Waals surface area contributed by atoms with Crippen molar-refractivity contribution >= 4 is 5.97 Å². The Balaban J connectivity index is 2.07. The first-order chi connectivity index (χ1) is 8.56. The van der Waals surface area contributed by atoms with E-state index < -0.39 is 18.1 Å². The molecule has 0 aliphatic heterocycles. The average Bonchev–Trinajstić information content (AvgIpc) is 3.12. The Kier molecular flexibility index (Phi) is 3.99. The first kappa shape index (κ1) is 13.1. The molecule has 0 aromatic heterocycles. The van der Waals surface area contributed by atoms with Gasteiger partial charge in [0.25, 0.3) is 0 Å². The van der Waals surface area contributed by atoms with Crippen LogP contribution < -0.4 is 5.32 Å². The lowest BCUT2D eigenvalue weighted by Crippen LogP contribution is -2.38. The molecule has 18 heavy (non-hydrogen) atoms. The van der Waals surface area contributed by atoms with Gasteiger partial charge >= 0.3 is 5.97 Å². The second kappa shape index (κ2) is 5.50. The summed E-state index contributed by atoms with van der Waals surface area (Å²) in [5.74, 6) is -0.890. The molecule has 1 aliphatic carbocycles. The van der Waals surface area contributed by atoms with Crippen molar-refractivity contribution in [2.24, 2.45) is 0 Å². The van der Waals surface area contributed by atoms with E-state index in [0.717, 1.165) is 24.0 Å². The summed E-state index contributed by atoms with van der Waals surface area (Å²) >= 11 is 0. The van der Waals surface area contributed by atoms with Gasteiger partial charge in [-0.25, -0.2) is 0 Å². The van der Waals surface area contributed by atoms with Crippen molar-refractivity contribution in [2.75, 3.05) is 0 Å². The fraction of sp³-hybridized carbons (Fsp3) is 0.500. The zero-order chi connectivity index (χ0) is 13.1. The number of rotatable bonds is 6. The van der Waals surface area contributed by atoms with Crippen molar-refractivity contribution in [1.82, 2.24) is 5.32 Å². The Morgan fingerprint density at radius 2 is 2.00 bits per heavy atom. The zero-order valence-electron chi connectivity index (χ0n) is 10.5. The second-order valence-corrected chi connectivity index (χ2v) is 5.00. The van der Waals surface area contributed by atoms with E-state index in [1.165, 1.54) is 0 Å². The second-order valence-electron chi connectivity index (χ2n) is 5.00. The number of aliphatic carboxylic acids is 1. The maximum Gasteiger partial charge on any atom is 0.305 e. The summed E-state index contributed by atoms with van der Waals surface area (Å²) in [7, 11) is 0. The van der Waals surface area contributed by atoms with Crippen LogP contribution in [0.5, 0.6) is 0 Å². The predicted octanol–water partition coefficient (Wildman–Crippen LogP) is 1.62. The molecule has 1 fully saturated rings. The van der Waals surface area contributed by atoms with Crippen molar-refractivity contribution in [3.63, 3.8) is 0 Å². The number of carbonyl (C=O) groups is 1. The van der Waals surface area contributed by atoms with Gasteiger partial charge in [0, 0.05) is 12.1 Å². The molecule has 4 heteroatoms. The fourth-order valence-corrected chi connectivity index (χ4v) is 2.00. The molecule has 4 nitrogen and oxygen atoms in total. The molecular weight excluding hydrogens is 230 g/mol. The summed E-state index contributed by atoms with van der Waals surface area (Å²) in [5, 5.41) is 22.4. The Morgan fingerprint density at radius 3 is 2.50 bits per heavy atom. The van der Waals surface area contributed by atoms with Gasteiger partial charge in [0.2, 0.25) is 0 Å². The summed E-state index contributed by atoms with van der Waals surface area (Å²) < 4.78 is 0. The molecular formula is C14H19NO3. The molecule has 0 radical (unpaired) electrons. The third-order valence-electron chi connectivity index (χ3n) is 3.22. The maximum atomic E-state index is 10.9. The van der Waals surface area contributed by atoms with E-state index in [0.29, 0.717) is 6.04 Å². The molecule has 2 atom stereocenters. The van der Waals surface area contributed by atoms with E-state index in [1.807, 2.05) is 31.2 Å². The summed E-state index contributed by atoms with van der Waals surface area (Å²) in [5.41, 5.74) is 1.89. The van der Waals surface area contributed by atoms with Crippen molar-refractivity contribution in [3.05, 3.63) is 35.4 Å². The third kappa shape index (κ3) is 3.55. The fourth-order valence-electron chi connectivity index (χ4n) is 2.00. The molecule has 0 bridgehead atoms. The van der Waals surface area contributed by atoms with Crippen LogP contribution in [0.3, 0.4) is 0 Å². The molecule has 98 valence electrons. The predicted molar refractivity (Wildman–Crippen MR) is 68.3 cm³/mol. The lowest BCUT2D eigenvalue weighted by atomic mass is 9.98. The third-order valence-corrected chi connectivity index (χ3v) is 3.22. The van der Waals surface area contributed by atoms with Crippen LogP contribution in [0.4, 0.5) is 0 Å². The number of carboxylic acid groups (broad SMARTS) is 1. The molecule has 1 saturated carbocycles. The van der Waals surface area contributed by atoms with Gasteiger partial charge in [0.05, 0.1) is 12.5 Å². The van der Waals surface area contributed by atoms with Crippen molar-refractivity contribution < 1.29 is 15.0 Å². The van der Waals surface area contributed by atoms with Gasteiger partial charge in [-0.1, -0.05) is 29.8 Å². The Morgan fingerprint density at radius 1 is 1.39 bits per heavy atom. The minimum Gasteiger partial charge on any atom is -0.481 e. The number of aliphatic hydroxyl groups is 1. The Bertz CT molecular complexity index is 412. The van der Waals surface area contributed by atoms with Crippen LogP contribution >= 0.6 is 0 Å². The van der Waals surface area contributed by atoms with E-state index in [4.69, 9.17) is 5.11 Å². The zero-order valence-corrected chi connectivity index (χ0v) is 10.5. The van der Waals surface area contributed by atoms with E-state index in [1.54, 1.807) is 0 Å². The molecule has 1 aliphatic rings. The molecule has 3 N–H and O–H groups in total. The highest BCUT2D eigenvalue weighted by atomic mass is 16.4. The van der Waals surface area contributed by atoms with Gasteiger partial charge in [-0.15, -0.1) is 0 Å². The standard InChI is InChI=1S/C14H19NO3/c1-9-2-4-10(5-3-9)14(18)12(8-13(16)17)15-11-6-7-11/h2-5,11-12,14-15,18H,6-8H2,1H3,(H,16,17). The molecule has 0 spiro atoms. The average molecular weight is 249 g/mol. The van der Waals surface area contributed by atoms with Gasteiger partial charge in [-0.05, 0) is 25.3 Å². The number of hydrogen-bond donors (Lipinski definition) is 3. The number of benzene rings is 1. The van der Waals surface area contributed by atoms with E-state index in [2.05, 4.69) is 5.32 Å². The quantitative estimate of drug-likeness (QED) is 0.716. The Hall–Kier alpha value is -1.39. The van der Waals surface area contributed by atoms with Crippen LogP contribution in [0.15, 0.2) is 24.3 Å². The summed E-state index contributed by atoms with van der Waals surface area (Å²) in [4.78, 5) is 10.9. The van der Waals surface area contributed by atoms with Crippen molar-refractivity contribution in [2.45, 2.75) is 44.4 Å². The van der Waals surface area contributed by atoms with Gasteiger partial charge in [-0.3, -0.25) is 4.79 Å². The van der Waals surface area contributed by atoms with Crippen molar-refractivity contribution in [1.29, 1.82) is 0 Å². The van der Waals surface area contributed by atoms with Crippen molar-refractivity contribution in [3.8, 4) is 0 Å². The lowest BCUT2D eigenvalue weighted by molar-refractivity contribution is -0.138. The lowest BCUT2D eigenvalue weighted by Gasteiger charge is -2.23. The Labute approximate surface area is 107 Å². The number of aryl methyl sites for hydroxylation is 1. The molecule has 0 amide bonds. The number of carboxylic acids is 1. The van der Waals surface area contributed by atoms with Crippen LogP contribution in [0.1, 0.15) is 36.5 Å². The molecule has 2 unspecified atom stereocenters. The molecule has 0 saturated heterocycles. The highest BCUT2D eigenvalue weighted by Crippen LogP contribution is 2.25. The topological polar surface area (TPSA) is 69.6 Å². The highest BCUT2D eigenvalue weighted by molar-refractivity contribution is 5.67. The van der Waals surface area contributed by atoms with Gasteiger partial charge < -0.3 is 15.5 Å². The summed E-state index contributed by atoms with van der Waals surface area (Å²) in [6, 6.07) is 7.50.